The number of aromatic nitrogens is 3. The largest absolute Gasteiger partial charge is 0.328 e. The van der Waals surface area contributed by atoms with Crippen molar-refractivity contribution < 1.29 is 9.72 Å². The Morgan fingerprint density at radius 1 is 1.09 bits per heavy atom. The first-order chi connectivity index (χ1) is 15.7. The van der Waals surface area contributed by atoms with Crippen LogP contribution in [-0.4, -0.2) is 25.5 Å². The number of nitrogens with zero attached hydrogens (tertiary/aromatic N) is 4. The fourth-order valence-corrected chi connectivity index (χ4v) is 4.57. The summed E-state index contributed by atoms with van der Waals surface area (Å²) in [4.78, 5) is 29.1. The first-order valence-corrected chi connectivity index (χ1v) is 11.1. The van der Waals surface area contributed by atoms with Crippen molar-refractivity contribution in [3.63, 3.8) is 0 Å². The highest BCUT2D eigenvalue weighted by Crippen LogP contribution is 2.43. The fraction of sp³-hybridized carbons (Fsp3) is 0.320. The number of nitrogens with one attached hydrogen (secondary N) is 1. The molecule has 5 rings (SSSR count). The molecule has 1 unspecified atom stereocenters. The Kier molecular flexibility index (Phi) is 4.88. The number of benzene rings is 2. The maximum Gasteiger partial charge on any atom is 0.275 e. The van der Waals surface area contributed by atoms with E-state index in [1.165, 1.54) is 11.6 Å². The van der Waals surface area contributed by atoms with Crippen molar-refractivity contribution in [2.45, 2.75) is 51.5 Å². The first kappa shape index (κ1) is 21.1. The number of rotatable bonds is 3. The van der Waals surface area contributed by atoms with Gasteiger partial charge in [0, 0.05) is 29.3 Å². The predicted octanol–water partition coefficient (Wildman–Crippen LogP) is 5.17. The first-order valence-electron chi connectivity index (χ1n) is 11.1. The number of carbonyl (C=O) groups excluding carboxylic acids is 1. The van der Waals surface area contributed by atoms with Gasteiger partial charge >= 0.3 is 0 Å². The van der Waals surface area contributed by atoms with E-state index in [-0.39, 0.29) is 16.9 Å². The number of hydrogen-bond acceptors (Lipinski definition) is 6. The van der Waals surface area contributed by atoms with Gasteiger partial charge in [-0.1, -0.05) is 57.2 Å². The number of hydrogen-bond donors (Lipinski definition) is 1. The van der Waals surface area contributed by atoms with Crippen molar-refractivity contribution in [2.75, 3.05) is 5.32 Å². The van der Waals surface area contributed by atoms with E-state index in [1.54, 1.807) is 22.9 Å². The van der Waals surface area contributed by atoms with Gasteiger partial charge in [-0.15, -0.1) is 5.10 Å². The third-order valence-corrected chi connectivity index (χ3v) is 6.31. The van der Waals surface area contributed by atoms with Gasteiger partial charge in [0.2, 0.25) is 5.95 Å². The fourth-order valence-electron chi connectivity index (χ4n) is 4.57. The van der Waals surface area contributed by atoms with Crippen LogP contribution in [0, 0.1) is 10.1 Å². The van der Waals surface area contributed by atoms with Crippen LogP contribution in [0.3, 0.4) is 0 Å². The third-order valence-electron chi connectivity index (χ3n) is 6.31. The number of para-hydroxylation sites is 1. The molecule has 0 bridgehead atoms. The number of ketones is 1. The lowest BCUT2D eigenvalue weighted by molar-refractivity contribution is -0.385. The number of nitro benzene ring substituents is 1. The summed E-state index contributed by atoms with van der Waals surface area (Å²) in [6.45, 7) is 6.47. The van der Waals surface area contributed by atoms with Crippen molar-refractivity contribution in [1.82, 2.24) is 14.8 Å². The molecule has 3 aromatic rings. The molecule has 2 aromatic carbocycles. The Balaban J connectivity index is 1.65. The van der Waals surface area contributed by atoms with Crippen molar-refractivity contribution in [1.29, 1.82) is 0 Å². The lowest BCUT2D eigenvalue weighted by Crippen LogP contribution is -2.31. The molecule has 2 heterocycles. The van der Waals surface area contributed by atoms with Crippen LogP contribution in [0.2, 0.25) is 0 Å². The monoisotopic (exact) mass is 443 g/mol. The molecule has 8 nitrogen and oxygen atoms in total. The van der Waals surface area contributed by atoms with Crippen molar-refractivity contribution in [3.8, 4) is 11.4 Å². The minimum absolute atomic E-state index is 0.0101. The highest BCUT2D eigenvalue weighted by Gasteiger charge is 2.39. The molecule has 8 heteroatoms. The van der Waals surface area contributed by atoms with E-state index < -0.39 is 11.0 Å². The summed E-state index contributed by atoms with van der Waals surface area (Å²) in [7, 11) is 0. The second-order valence-electron chi connectivity index (χ2n) is 9.54. The average molecular weight is 444 g/mol. The van der Waals surface area contributed by atoms with Crippen LogP contribution in [0.15, 0.2) is 59.8 Å². The summed E-state index contributed by atoms with van der Waals surface area (Å²) < 4.78 is 1.62. The molecule has 0 spiro atoms. The minimum Gasteiger partial charge on any atom is -0.328 e. The molecule has 1 atom stereocenters. The minimum atomic E-state index is -0.694. The van der Waals surface area contributed by atoms with Gasteiger partial charge in [0.05, 0.1) is 10.5 Å². The van der Waals surface area contributed by atoms with Gasteiger partial charge in [-0.2, -0.15) is 4.98 Å². The van der Waals surface area contributed by atoms with Crippen LogP contribution in [0.25, 0.3) is 11.4 Å². The topological polar surface area (TPSA) is 103 Å². The summed E-state index contributed by atoms with van der Waals surface area (Å²) in [6.07, 6.45) is 1.85. The quantitative estimate of drug-likeness (QED) is 0.442. The molecule has 168 valence electrons. The van der Waals surface area contributed by atoms with E-state index in [9.17, 15) is 14.9 Å². The van der Waals surface area contributed by atoms with E-state index in [1.807, 2.05) is 12.1 Å². The van der Waals surface area contributed by atoms with Crippen LogP contribution in [-0.2, 0) is 10.2 Å². The number of fused-ring (bicyclic) bond motifs is 1. The summed E-state index contributed by atoms with van der Waals surface area (Å²) in [5.74, 6) is 0.986. The number of allylic oxidation sites excluding steroid dienone is 2. The molecule has 0 saturated heterocycles. The Bertz CT molecular complexity index is 1300. The van der Waals surface area contributed by atoms with E-state index in [0.717, 1.165) is 17.7 Å². The molecule has 1 N–H and O–H groups in total. The zero-order valence-electron chi connectivity index (χ0n) is 18.8. The highest BCUT2D eigenvalue weighted by atomic mass is 16.6. The maximum atomic E-state index is 13.0. The SMILES string of the molecule is CC(C)(C)c1ccc(-c2nc3n(n2)C(c2ccccc2[N+](=O)[O-])C2=C(CCCC2=O)N3)cc1. The van der Waals surface area contributed by atoms with E-state index >= 15 is 0 Å². The van der Waals surface area contributed by atoms with Gasteiger partial charge in [-0.3, -0.25) is 14.9 Å². The molecule has 0 radical (unpaired) electrons. The van der Waals surface area contributed by atoms with Crippen LogP contribution in [0.5, 0.6) is 0 Å². The summed E-state index contributed by atoms with van der Waals surface area (Å²) in [5.41, 5.74) is 3.80. The maximum absolute atomic E-state index is 13.0. The number of carbonyl (C=O) groups is 1. The second-order valence-corrected chi connectivity index (χ2v) is 9.54. The van der Waals surface area contributed by atoms with Gasteiger partial charge < -0.3 is 5.32 Å². The van der Waals surface area contributed by atoms with Crippen molar-refractivity contribution >= 4 is 17.4 Å². The standard InChI is InChI=1S/C25H25N5O3/c1-25(2,3)16-13-11-15(12-14-16)23-27-24-26-18-8-6-10-20(31)21(18)22(29(24)28-23)17-7-4-5-9-19(17)30(32)33/h4-5,7,9,11-14,22H,6,8,10H2,1-3H3,(H,26,27,28). The average Bonchev–Trinajstić information content (AvgIpc) is 3.21. The number of nitro groups is 1. The Hall–Kier alpha value is -3.81. The molecule has 1 aromatic heterocycles. The second kappa shape index (κ2) is 7.65. The lowest BCUT2D eigenvalue weighted by atomic mass is 9.85. The highest BCUT2D eigenvalue weighted by molar-refractivity contribution is 5.99. The zero-order valence-corrected chi connectivity index (χ0v) is 18.8. The van der Waals surface area contributed by atoms with Gasteiger partial charge in [-0.25, -0.2) is 4.68 Å². The predicted molar refractivity (Wildman–Crippen MR) is 125 cm³/mol. The Morgan fingerprint density at radius 3 is 2.52 bits per heavy atom. The molecule has 2 aliphatic rings. The third kappa shape index (κ3) is 3.61. The lowest BCUT2D eigenvalue weighted by Gasteiger charge is -2.31. The zero-order chi connectivity index (χ0) is 23.3. The van der Waals surface area contributed by atoms with E-state index in [0.29, 0.717) is 35.8 Å². The molecule has 0 fully saturated rings. The molecule has 1 aliphatic carbocycles. The van der Waals surface area contributed by atoms with Gasteiger partial charge in [0.15, 0.2) is 11.6 Å². The summed E-state index contributed by atoms with van der Waals surface area (Å²) >= 11 is 0. The van der Waals surface area contributed by atoms with E-state index in [4.69, 9.17) is 10.1 Å². The van der Waals surface area contributed by atoms with Gasteiger partial charge in [0.1, 0.15) is 6.04 Å². The number of Topliss-reactive ketones (excluding diaryl/α,β-unsaturated/α-hetero) is 1. The van der Waals surface area contributed by atoms with Crippen molar-refractivity contribution in [2.24, 2.45) is 0 Å². The van der Waals surface area contributed by atoms with Gasteiger partial charge in [-0.05, 0) is 29.9 Å². The molecule has 0 saturated carbocycles. The summed E-state index contributed by atoms with van der Waals surface area (Å²) in [5, 5.41) is 19.8. The van der Waals surface area contributed by atoms with Crippen LogP contribution >= 0.6 is 0 Å². The molecular weight excluding hydrogens is 418 g/mol. The van der Waals surface area contributed by atoms with E-state index in [2.05, 4.69) is 38.2 Å². The van der Waals surface area contributed by atoms with Crippen molar-refractivity contribution in [3.05, 3.63) is 81.0 Å². The van der Waals surface area contributed by atoms with Crippen LogP contribution in [0.4, 0.5) is 11.6 Å². The number of anilines is 1. The Labute approximate surface area is 191 Å². The van der Waals surface area contributed by atoms with Crippen LogP contribution in [0.1, 0.15) is 57.2 Å². The molecule has 33 heavy (non-hydrogen) atoms. The molecule has 0 amide bonds. The molecular formula is C25H25N5O3. The van der Waals surface area contributed by atoms with Crippen LogP contribution < -0.4 is 5.32 Å². The van der Waals surface area contributed by atoms with Gasteiger partial charge in [0.25, 0.3) is 5.69 Å². The normalized spacial score (nSPS) is 17.9. The Morgan fingerprint density at radius 2 is 1.82 bits per heavy atom. The summed E-state index contributed by atoms with van der Waals surface area (Å²) in [6, 6.07) is 14.0. The molecule has 1 aliphatic heterocycles. The smallest absolute Gasteiger partial charge is 0.275 e.